The van der Waals surface area contributed by atoms with Crippen molar-refractivity contribution in [3.05, 3.63) is 157 Å². The molecule has 0 radical (unpaired) electrons. The standard InChI is InChI=1S/C44H30N2OS/c1-44(2)36-18-10-8-14-30(36)31-22-20-28(24-37(31)44)46(29-21-23-34-33-16-9-11-19-40(33)48-41(34)25-29)39-26-38-42(35-17-7-6-15-32(35)39)47-43(45-38)27-12-4-3-5-13-27/h3-26H,1-2H3. The molecule has 0 unspecified atom stereocenters. The number of rotatable bonds is 4. The van der Waals surface area contributed by atoms with Crippen LogP contribution in [0.15, 0.2) is 150 Å². The second-order valence-corrected chi connectivity index (χ2v) is 14.3. The largest absolute Gasteiger partial charge is 0.435 e. The van der Waals surface area contributed by atoms with E-state index in [4.69, 9.17) is 9.40 Å². The molecule has 1 aliphatic rings. The Hall–Kier alpha value is -5.71. The van der Waals surface area contributed by atoms with Crippen molar-refractivity contribution in [1.29, 1.82) is 0 Å². The zero-order valence-electron chi connectivity index (χ0n) is 26.6. The number of thiophene rings is 1. The van der Waals surface area contributed by atoms with Crippen molar-refractivity contribution in [1.82, 2.24) is 4.98 Å². The number of hydrogen-bond acceptors (Lipinski definition) is 4. The van der Waals surface area contributed by atoms with Crippen LogP contribution >= 0.6 is 11.3 Å². The van der Waals surface area contributed by atoms with Gasteiger partial charge in [-0.2, -0.15) is 0 Å². The number of aromatic nitrogens is 1. The first-order valence-corrected chi connectivity index (χ1v) is 17.2. The number of nitrogens with zero attached hydrogens (tertiary/aromatic N) is 2. The van der Waals surface area contributed by atoms with Gasteiger partial charge in [-0.15, -0.1) is 11.3 Å². The average Bonchev–Trinajstić information content (AvgIpc) is 3.79. The van der Waals surface area contributed by atoms with E-state index in [2.05, 4.69) is 134 Å². The van der Waals surface area contributed by atoms with Crippen molar-refractivity contribution in [3.63, 3.8) is 0 Å². The molecule has 0 aliphatic heterocycles. The van der Waals surface area contributed by atoms with Gasteiger partial charge in [0.05, 0.1) is 5.69 Å². The van der Waals surface area contributed by atoms with Gasteiger partial charge in [0.2, 0.25) is 5.89 Å². The fourth-order valence-corrected chi connectivity index (χ4v) is 8.88. The van der Waals surface area contributed by atoms with E-state index in [1.54, 1.807) is 0 Å². The van der Waals surface area contributed by atoms with Crippen LogP contribution in [0.4, 0.5) is 17.1 Å². The molecule has 4 heteroatoms. The second-order valence-electron chi connectivity index (χ2n) is 13.2. The molecule has 1 aliphatic carbocycles. The highest BCUT2D eigenvalue weighted by molar-refractivity contribution is 7.25. The van der Waals surface area contributed by atoms with Gasteiger partial charge >= 0.3 is 0 Å². The minimum Gasteiger partial charge on any atom is -0.435 e. The zero-order valence-corrected chi connectivity index (χ0v) is 27.4. The Morgan fingerprint density at radius 1 is 0.562 bits per heavy atom. The van der Waals surface area contributed by atoms with Gasteiger partial charge in [0.25, 0.3) is 0 Å². The topological polar surface area (TPSA) is 29.3 Å². The lowest BCUT2D eigenvalue weighted by molar-refractivity contribution is 0.623. The van der Waals surface area contributed by atoms with Gasteiger partial charge in [-0.1, -0.05) is 111 Å². The second kappa shape index (κ2) is 10.1. The Kier molecular flexibility index (Phi) is 5.79. The summed E-state index contributed by atoms with van der Waals surface area (Å²) >= 11 is 1.85. The van der Waals surface area contributed by atoms with Crippen molar-refractivity contribution >= 4 is 70.4 Å². The molecule has 2 aromatic heterocycles. The first-order valence-electron chi connectivity index (χ1n) is 16.4. The molecule has 0 N–H and O–H groups in total. The minimum atomic E-state index is -0.119. The molecule has 0 saturated heterocycles. The third-order valence-electron chi connectivity index (χ3n) is 10.1. The van der Waals surface area contributed by atoms with Gasteiger partial charge in [0, 0.05) is 53.3 Å². The fourth-order valence-electron chi connectivity index (χ4n) is 7.74. The summed E-state index contributed by atoms with van der Waals surface area (Å²) in [5.41, 5.74) is 11.1. The predicted molar refractivity (Wildman–Crippen MR) is 202 cm³/mol. The smallest absolute Gasteiger partial charge is 0.227 e. The monoisotopic (exact) mass is 634 g/mol. The summed E-state index contributed by atoms with van der Waals surface area (Å²) in [5, 5.41) is 4.74. The molecule has 0 amide bonds. The maximum Gasteiger partial charge on any atom is 0.227 e. The van der Waals surface area contributed by atoms with Gasteiger partial charge < -0.3 is 9.32 Å². The van der Waals surface area contributed by atoms with Crippen LogP contribution in [0.5, 0.6) is 0 Å². The Morgan fingerprint density at radius 3 is 2.10 bits per heavy atom. The van der Waals surface area contributed by atoms with E-state index in [1.807, 2.05) is 41.7 Å². The number of oxazole rings is 1. The van der Waals surface area contributed by atoms with Gasteiger partial charge in [0.1, 0.15) is 5.52 Å². The van der Waals surface area contributed by atoms with E-state index < -0.39 is 0 Å². The van der Waals surface area contributed by atoms with E-state index in [1.165, 1.54) is 42.4 Å². The van der Waals surface area contributed by atoms with Crippen molar-refractivity contribution in [2.24, 2.45) is 0 Å². The molecule has 228 valence electrons. The van der Waals surface area contributed by atoms with E-state index in [0.29, 0.717) is 5.89 Å². The Bertz CT molecular complexity index is 2720. The molecule has 0 spiro atoms. The Balaban J connectivity index is 1.25. The van der Waals surface area contributed by atoms with Crippen LogP contribution < -0.4 is 4.90 Å². The van der Waals surface area contributed by atoms with Gasteiger partial charge in [0.15, 0.2) is 5.58 Å². The lowest BCUT2D eigenvalue weighted by Crippen LogP contribution is -2.16. The Labute approximate surface area is 282 Å². The number of hydrogen-bond donors (Lipinski definition) is 0. The summed E-state index contributed by atoms with van der Waals surface area (Å²) in [4.78, 5) is 7.48. The molecule has 7 aromatic carbocycles. The van der Waals surface area contributed by atoms with Gasteiger partial charge in [-0.3, -0.25) is 0 Å². The van der Waals surface area contributed by atoms with Crippen LogP contribution in [-0.4, -0.2) is 4.98 Å². The van der Waals surface area contributed by atoms with Crippen LogP contribution in [0.1, 0.15) is 25.0 Å². The predicted octanol–water partition coefficient (Wildman–Crippen LogP) is 12.8. The number of benzene rings is 7. The highest BCUT2D eigenvalue weighted by atomic mass is 32.1. The molecule has 2 heterocycles. The quantitative estimate of drug-likeness (QED) is 0.193. The molecule has 10 rings (SSSR count). The summed E-state index contributed by atoms with van der Waals surface area (Å²) in [6.45, 7) is 4.69. The van der Waals surface area contributed by atoms with Crippen molar-refractivity contribution in [2.75, 3.05) is 4.90 Å². The van der Waals surface area contributed by atoms with E-state index >= 15 is 0 Å². The fraction of sp³-hybridized carbons (Fsp3) is 0.0682. The summed E-state index contributed by atoms with van der Waals surface area (Å²) in [7, 11) is 0. The summed E-state index contributed by atoms with van der Waals surface area (Å²) in [6, 6.07) is 52.3. The van der Waals surface area contributed by atoms with Crippen LogP contribution in [0.3, 0.4) is 0 Å². The molecule has 0 bridgehead atoms. The zero-order chi connectivity index (χ0) is 32.0. The van der Waals surface area contributed by atoms with Crippen LogP contribution in [-0.2, 0) is 5.41 Å². The molecule has 0 atom stereocenters. The molecule has 0 saturated carbocycles. The van der Waals surface area contributed by atoms with Crippen LogP contribution in [0, 0.1) is 0 Å². The lowest BCUT2D eigenvalue weighted by Gasteiger charge is -2.29. The van der Waals surface area contributed by atoms with E-state index in [-0.39, 0.29) is 5.41 Å². The number of fused-ring (bicyclic) bond motifs is 9. The summed E-state index contributed by atoms with van der Waals surface area (Å²) in [5.74, 6) is 0.628. The molecule has 0 fully saturated rings. The van der Waals surface area contributed by atoms with E-state index in [9.17, 15) is 0 Å². The van der Waals surface area contributed by atoms with Crippen molar-refractivity contribution in [3.8, 4) is 22.6 Å². The van der Waals surface area contributed by atoms with Gasteiger partial charge in [-0.25, -0.2) is 4.98 Å². The highest BCUT2D eigenvalue weighted by Gasteiger charge is 2.36. The lowest BCUT2D eigenvalue weighted by atomic mass is 9.82. The third kappa shape index (κ3) is 3.96. The average molecular weight is 635 g/mol. The SMILES string of the molecule is CC1(C)c2ccccc2-c2ccc(N(c3ccc4c(c3)sc3ccccc34)c3cc4nc(-c5ccccc5)oc4c4ccccc34)cc21. The summed E-state index contributed by atoms with van der Waals surface area (Å²) < 4.78 is 9.07. The molecule has 9 aromatic rings. The maximum atomic E-state index is 6.50. The Morgan fingerprint density at radius 2 is 1.23 bits per heavy atom. The number of anilines is 3. The third-order valence-corrected chi connectivity index (χ3v) is 11.2. The molecule has 3 nitrogen and oxygen atoms in total. The highest BCUT2D eigenvalue weighted by Crippen LogP contribution is 2.52. The van der Waals surface area contributed by atoms with Gasteiger partial charge in [-0.05, 0) is 70.8 Å². The normalized spacial score (nSPS) is 13.4. The minimum absolute atomic E-state index is 0.119. The van der Waals surface area contributed by atoms with Crippen molar-refractivity contribution < 1.29 is 4.42 Å². The first kappa shape index (κ1) is 27.4. The summed E-state index contributed by atoms with van der Waals surface area (Å²) in [6.07, 6.45) is 0. The molecular formula is C44H30N2OS. The van der Waals surface area contributed by atoms with Crippen molar-refractivity contribution in [2.45, 2.75) is 19.3 Å². The maximum absolute atomic E-state index is 6.50. The first-order chi connectivity index (χ1) is 23.5. The van der Waals surface area contributed by atoms with E-state index in [0.717, 1.165) is 44.5 Å². The van der Waals surface area contributed by atoms with Crippen LogP contribution in [0.2, 0.25) is 0 Å². The van der Waals surface area contributed by atoms with Crippen LogP contribution in [0.25, 0.3) is 64.6 Å². The molecule has 48 heavy (non-hydrogen) atoms. The molecular weight excluding hydrogens is 605 g/mol.